The molecule has 0 saturated carbocycles. The van der Waals surface area contributed by atoms with Crippen molar-refractivity contribution in [2.75, 3.05) is 32.7 Å². The van der Waals surface area contributed by atoms with Gasteiger partial charge in [0.25, 0.3) is 0 Å². The number of hydrogen-bond acceptors (Lipinski definition) is 5. The highest BCUT2D eigenvalue weighted by atomic mass is 16.2. The van der Waals surface area contributed by atoms with Crippen LogP contribution in [0.15, 0.2) is 0 Å². The molecule has 1 fully saturated rings. The van der Waals surface area contributed by atoms with E-state index in [0.29, 0.717) is 26.2 Å². The van der Waals surface area contributed by atoms with Crippen molar-refractivity contribution in [3.63, 3.8) is 0 Å². The second-order valence-corrected chi connectivity index (χ2v) is 4.88. The van der Waals surface area contributed by atoms with E-state index in [4.69, 9.17) is 11.5 Å². The lowest BCUT2D eigenvalue weighted by atomic mass is 9.97. The van der Waals surface area contributed by atoms with Gasteiger partial charge in [0.2, 0.25) is 11.8 Å². The van der Waals surface area contributed by atoms with Gasteiger partial charge in [0.1, 0.15) is 0 Å². The minimum absolute atomic E-state index is 0.0155. The van der Waals surface area contributed by atoms with Gasteiger partial charge >= 0.3 is 6.03 Å². The molecule has 20 heavy (non-hydrogen) atoms. The van der Waals surface area contributed by atoms with Gasteiger partial charge in [-0.25, -0.2) is 4.79 Å². The number of carbonyl (C=O) groups excluding carboxylic acids is 3. The molecule has 1 rings (SSSR count). The van der Waals surface area contributed by atoms with Gasteiger partial charge in [-0.2, -0.15) is 0 Å². The van der Waals surface area contributed by atoms with Crippen LogP contribution in [0, 0.1) is 5.92 Å². The number of likely N-dealkylation sites (tertiary alicyclic amines) is 1. The van der Waals surface area contributed by atoms with Crippen LogP contribution >= 0.6 is 0 Å². The smallest absolute Gasteiger partial charge is 0.318 e. The van der Waals surface area contributed by atoms with Crippen molar-refractivity contribution in [3.8, 4) is 0 Å². The van der Waals surface area contributed by atoms with Gasteiger partial charge in [0, 0.05) is 32.6 Å². The van der Waals surface area contributed by atoms with Crippen LogP contribution in [0.4, 0.5) is 4.79 Å². The molecule has 8 nitrogen and oxygen atoms in total. The van der Waals surface area contributed by atoms with Crippen LogP contribution in [0.25, 0.3) is 0 Å². The number of primary amides is 1. The van der Waals surface area contributed by atoms with E-state index in [1.165, 1.54) is 0 Å². The largest absolute Gasteiger partial charge is 0.355 e. The van der Waals surface area contributed by atoms with Gasteiger partial charge in [0.15, 0.2) is 0 Å². The molecule has 6 N–H and O–H groups in total. The summed E-state index contributed by atoms with van der Waals surface area (Å²) in [6.45, 7) is 2.90. The summed E-state index contributed by atoms with van der Waals surface area (Å²) in [4.78, 5) is 35.7. The Labute approximate surface area is 118 Å². The Morgan fingerprint density at radius 2 is 2.05 bits per heavy atom. The number of nitrogens with two attached hydrogens (primary N) is 2. The molecular weight excluding hydrogens is 262 g/mol. The summed E-state index contributed by atoms with van der Waals surface area (Å²) in [6, 6.07) is -0.840. The van der Waals surface area contributed by atoms with E-state index in [2.05, 4.69) is 10.2 Å². The molecule has 0 aromatic rings. The zero-order chi connectivity index (χ0) is 15.0. The lowest BCUT2D eigenvalue weighted by Crippen LogP contribution is -2.45. The first-order valence-corrected chi connectivity index (χ1v) is 6.82. The van der Waals surface area contributed by atoms with E-state index >= 15 is 0 Å². The molecule has 0 spiro atoms. The van der Waals surface area contributed by atoms with Crippen LogP contribution in [0.2, 0.25) is 0 Å². The summed E-state index contributed by atoms with van der Waals surface area (Å²) < 4.78 is 0. The summed E-state index contributed by atoms with van der Waals surface area (Å²) in [5.74, 6) is -0.441. The fourth-order valence-electron chi connectivity index (χ4n) is 2.27. The molecule has 114 valence electrons. The van der Waals surface area contributed by atoms with Crippen LogP contribution in [0.5, 0.6) is 0 Å². The first-order valence-electron chi connectivity index (χ1n) is 6.82. The molecule has 8 heteroatoms. The first-order chi connectivity index (χ1) is 9.52. The Morgan fingerprint density at radius 3 is 2.70 bits per heavy atom. The van der Waals surface area contributed by atoms with Crippen molar-refractivity contribution < 1.29 is 14.4 Å². The van der Waals surface area contributed by atoms with Gasteiger partial charge in [-0.15, -0.1) is 0 Å². The third kappa shape index (κ3) is 5.98. The summed E-state index contributed by atoms with van der Waals surface area (Å²) in [7, 11) is 0. The summed E-state index contributed by atoms with van der Waals surface area (Å²) in [5, 5.41) is 4.81. The molecule has 0 radical (unpaired) electrons. The number of imide groups is 1. The highest BCUT2D eigenvalue weighted by Gasteiger charge is 2.25. The normalized spacial score (nSPS) is 19.4. The molecule has 1 atom stereocenters. The van der Waals surface area contributed by atoms with E-state index in [1.807, 2.05) is 5.32 Å². The SMILES string of the molecule is NCCNC(=O)C1CCCN(CCC(=O)NC(N)=O)C1. The average molecular weight is 285 g/mol. The molecule has 1 saturated heterocycles. The minimum Gasteiger partial charge on any atom is -0.355 e. The molecule has 0 bridgehead atoms. The molecule has 1 unspecified atom stereocenters. The lowest BCUT2D eigenvalue weighted by Gasteiger charge is -2.31. The monoisotopic (exact) mass is 285 g/mol. The topological polar surface area (TPSA) is 131 Å². The van der Waals surface area contributed by atoms with Gasteiger partial charge < -0.3 is 21.7 Å². The van der Waals surface area contributed by atoms with Crippen molar-refractivity contribution in [3.05, 3.63) is 0 Å². The summed E-state index contributed by atoms with van der Waals surface area (Å²) in [5.41, 5.74) is 10.2. The average Bonchev–Trinajstić information content (AvgIpc) is 2.42. The Morgan fingerprint density at radius 1 is 1.30 bits per heavy atom. The van der Waals surface area contributed by atoms with E-state index in [0.717, 1.165) is 19.4 Å². The summed E-state index contributed by atoms with van der Waals surface area (Å²) in [6.07, 6.45) is 1.96. The number of hydrogen-bond donors (Lipinski definition) is 4. The second kappa shape index (κ2) is 8.49. The Kier molecular flexibility index (Phi) is 6.96. The highest BCUT2D eigenvalue weighted by Crippen LogP contribution is 2.16. The van der Waals surface area contributed by atoms with Crippen molar-refractivity contribution in [1.82, 2.24) is 15.5 Å². The number of amides is 4. The fraction of sp³-hybridized carbons (Fsp3) is 0.750. The van der Waals surface area contributed by atoms with E-state index in [1.54, 1.807) is 0 Å². The fourth-order valence-corrected chi connectivity index (χ4v) is 2.27. The zero-order valence-electron chi connectivity index (χ0n) is 11.6. The number of nitrogens with zero attached hydrogens (tertiary/aromatic N) is 1. The van der Waals surface area contributed by atoms with Gasteiger partial charge in [-0.05, 0) is 19.4 Å². The first kappa shape index (κ1) is 16.4. The lowest BCUT2D eigenvalue weighted by molar-refractivity contribution is -0.126. The van der Waals surface area contributed by atoms with Gasteiger partial charge in [0.05, 0.1) is 5.92 Å². The maximum absolute atomic E-state index is 11.9. The molecule has 4 amide bonds. The molecule has 1 aliphatic heterocycles. The minimum atomic E-state index is -0.840. The maximum Gasteiger partial charge on any atom is 0.318 e. The van der Waals surface area contributed by atoms with E-state index in [9.17, 15) is 14.4 Å². The van der Waals surface area contributed by atoms with Crippen LogP contribution in [0.3, 0.4) is 0 Å². The molecular formula is C12H23N5O3. The van der Waals surface area contributed by atoms with Crippen molar-refractivity contribution in [2.24, 2.45) is 17.4 Å². The predicted octanol–water partition coefficient (Wildman–Crippen LogP) is -1.64. The predicted molar refractivity (Wildman–Crippen MR) is 73.6 cm³/mol. The number of piperidine rings is 1. The quantitative estimate of drug-likeness (QED) is 0.465. The third-order valence-corrected chi connectivity index (χ3v) is 3.24. The van der Waals surface area contributed by atoms with Crippen LogP contribution < -0.4 is 22.1 Å². The number of rotatable bonds is 6. The van der Waals surface area contributed by atoms with Crippen LogP contribution in [0.1, 0.15) is 19.3 Å². The Bertz CT molecular complexity index is 361. The van der Waals surface area contributed by atoms with Crippen LogP contribution in [-0.4, -0.2) is 55.5 Å². The Balaban J connectivity index is 2.31. The Hall–Kier alpha value is -1.67. The van der Waals surface area contributed by atoms with Gasteiger partial charge in [-0.1, -0.05) is 0 Å². The van der Waals surface area contributed by atoms with Crippen molar-refractivity contribution in [1.29, 1.82) is 0 Å². The van der Waals surface area contributed by atoms with Gasteiger partial charge in [-0.3, -0.25) is 14.9 Å². The number of urea groups is 1. The molecule has 0 aliphatic carbocycles. The zero-order valence-corrected chi connectivity index (χ0v) is 11.6. The standard InChI is InChI=1S/C12H23N5O3/c13-4-5-15-11(19)9-2-1-6-17(8-9)7-3-10(18)16-12(14)20/h9H,1-8,13H2,(H,15,19)(H3,14,16,18,20). The maximum atomic E-state index is 11.9. The van der Waals surface area contributed by atoms with Crippen molar-refractivity contribution >= 4 is 17.8 Å². The van der Waals surface area contributed by atoms with Crippen molar-refractivity contribution in [2.45, 2.75) is 19.3 Å². The summed E-state index contributed by atoms with van der Waals surface area (Å²) >= 11 is 0. The number of nitrogens with one attached hydrogen (secondary N) is 2. The molecule has 0 aromatic heterocycles. The molecule has 1 heterocycles. The number of carbonyl (C=O) groups is 3. The highest BCUT2D eigenvalue weighted by molar-refractivity contribution is 5.93. The third-order valence-electron chi connectivity index (χ3n) is 3.24. The molecule has 1 aliphatic rings. The van der Waals surface area contributed by atoms with Crippen LogP contribution in [-0.2, 0) is 9.59 Å². The second-order valence-electron chi connectivity index (χ2n) is 4.88. The molecule has 0 aromatic carbocycles. The van der Waals surface area contributed by atoms with E-state index < -0.39 is 11.9 Å². The van der Waals surface area contributed by atoms with E-state index in [-0.39, 0.29) is 18.2 Å².